The summed E-state index contributed by atoms with van der Waals surface area (Å²) in [5, 5.41) is 22.9. The third-order valence-electron chi connectivity index (χ3n) is 9.81. The lowest BCUT2D eigenvalue weighted by atomic mass is 9.47. The zero-order valence-electron chi connectivity index (χ0n) is 19.8. The Bertz CT molecular complexity index is 573. The molecular formula is C26H47NO2. The molecular weight excluding hydrogens is 358 g/mol. The maximum absolute atomic E-state index is 9.72. The van der Waals surface area contributed by atoms with Gasteiger partial charge in [-0.3, -0.25) is 0 Å². The highest BCUT2D eigenvalue weighted by Gasteiger charge is 2.59. The van der Waals surface area contributed by atoms with Gasteiger partial charge in [-0.05, 0) is 92.3 Å². The van der Waals surface area contributed by atoms with Gasteiger partial charge in [0.2, 0.25) is 0 Å². The van der Waals surface area contributed by atoms with Crippen molar-refractivity contribution >= 4 is 5.71 Å². The van der Waals surface area contributed by atoms with Crippen molar-refractivity contribution in [3.05, 3.63) is 0 Å². The van der Waals surface area contributed by atoms with E-state index in [2.05, 4.69) is 39.8 Å². The van der Waals surface area contributed by atoms with Crippen LogP contribution in [0, 0.1) is 46.3 Å². The normalized spacial score (nSPS) is 42.1. The van der Waals surface area contributed by atoms with Crippen LogP contribution in [0.4, 0.5) is 0 Å². The first-order valence-corrected chi connectivity index (χ1v) is 12.6. The Morgan fingerprint density at radius 3 is 2.41 bits per heavy atom. The van der Waals surface area contributed by atoms with Crippen molar-refractivity contribution in [2.45, 2.75) is 105 Å². The Labute approximate surface area is 179 Å². The van der Waals surface area contributed by atoms with Gasteiger partial charge in [-0.1, -0.05) is 59.0 Å². The fourth-order valence-corrected chi connectivity index (χ4v) is 8.25. The van der Waals surface area contributed by atoms with Gasteiger partial charge >= 0.3 is 0 Å². The van der Waals surface area contributed by atoms with Gasteiger partial charge in [0.15, 0.2) is 0 Å². The Balaban J connectivity index is 1.75. The van der Waals surface area contributed by atoms with E-state index in [1.54, 1.807) is 0 Å². The summed E-state index contributed by atoms with van der Waals surface area (Å²) < 4.78 is 0. The number of aliphatic hydroxyl groups is 1. The first kappa shape index (κ1) is 23.1. The summed E-state index contributed by atoms with van der Waals surface area (Å²) in [6.45, 7) is 12.4. The van der Waals surface area contributed by atoms with Crippen LogP contribution in [0.3, 0.4) is 0 Å². The predicted molar refractivity (Wildman–Crippen MR) is 121 cm³/mol. The maximum atomic E-state index is 9.72. The van der Waals surface area contributed by atoms with Gasteiger partial charge in [0, 0.05) is 12.0 Å². The Morgan fingerprint density at radius 2 is 1.76 bits per heavy atom. The second-order valence-corrected chi connectivity index (χ2v) is 11.7. The van der Waals surface area contributed by atoms with Crippen molar-refractivity contribution < 1.29 is 10.3 Å². The number of hydrogen-bond donors (Lipinski definition) is 2. The molecule has 1 unspecified atom stereocenters. The summed E-state index contributed by atoms with van der Waals surface area (Å²) in [5.74, 6) is 4.80. The molecule has 3 nitrogen and oxygen atoms in total. The molecule has 0 aromatic heterocycles. The van der Waals surface area contributed by atoms with Crippen molar-refractivity contribution in [1.82, 2.24) is 0 Å². The summed E-state index contributed by atoms with van der Waals surface area (Å²) in [5.41, 5.74) is 1.49. The summed E-state index contributed by atoms with van der Waals surface area (Å²) in [4.78, 5) is 0. The van der Waals surface area contributed by atoms with E-state index < -0.39 is 0 Å². The first-order chi connectivity index (χ1) is 13.8. The van der Waals surface area contributed by atoms with Crippen LogP contribution >= 0.6 is 0 Å². The van der Waals surface area contributed by atoms with Gasteiger partial charge in [-0.15, -0.1) is 0 Å². The second kappa shape index (κ2) is 9.28. The average molecular weight is 406 g/mol. The van der Waals surface area contributed by atoms with Crippen LogP contribution in [0.1, 0.15) is 105 Å². The van der Waals surface area contributed by atoms with Crippen molar-refractivity contribution in [2.24, 2.45) is 51.5 Å². The van der Waals surface area contributed by atoms with E-state index in [0.29, 0.717) is 11.3 Å². The minimum atomic E-state index is -0.0251. The van der Waals surface area contributed by atoms with Crippen molar-refractivity contribution in [1.29, 1.82) is 0 Å². The van der Waals surface area contributed by atoms with E-state index in [4.69, 9.17) is 0 Å². The van der Waals surface area contributed by atoms with Crippen LogP contribution in [0.15, 0.2) is 5.16 Å². The molecule has 3 aliphatic carbocycles. The van der Waals surface area contributed by atoms with Gasteiger partial charge < -0.3 is 10.3 Å². The molecule has 0 bridgehead atoms. The van der Waals surface area contributed by atoms with E-state index in [1.165, 1.54) is 51.4 Å². The van der Waals surface area contributed by atoms with Crippen molar-refractivity contribution in [3.8, 4) is 0 Å². The van der Waals surface area contributed by atoms with Gasteiger partial charge in [0.1, 0.15) is 0 Å². The van der Waals surface area contributed by atoms with E-state index >= 15 is 0 Å². The minimum absolute atomic E-state index is 0.0251. The fourth-order valence-electron chi connectivity index (χ4n) is 8.25. The molecule has 0 spiro atoms. The topological polar surface area (TPSA) is 52.8 Å². The summed E-state index contributed by atoms with van der Waals surface area (Å²) in [6.07, 6.45) is 13.5. The first-order valence-electron chi connectivity index (χ1n) is 12.6. The number of rotatable bonds is 8. The Kier molecular flexibility index (Phi) is 7.40. The third kappa shape index (κ3) is 4.27. The largest absolute Gasteiger partial charge is 0.411 e. The van der Waals surface area contributed by atoms with Crippen LogP contribution in [-0.2, 0) is 0 Å². The zero-order chi connectivity index (χ0) is 21.2. The molecule has 0 aromatic carbocycles. The standard InChI is InChI=1S/C26H47NO2/c1-18(2)8-6-9-19(3)21-11-12-22-20-10-13-24(27-29)26(5,15-7-17-28)23(20)14-16-25(21,22)4/h18-23,28-29H,6-17H2,1-5H3/b27-24+/t19-,20-,21?,22+,23-,25-,26-/m1/s1. The molecule has 3 aliphatic rings. The van der Waals surface area contributed by atoms with Gasteiger partial charge in [-0.2, -0.15) is 0 Å². The molecule has 3 fully saturated rings. The molecule has 0 aliphatic heterocycles. The predicted octanol–water partition coefficient (Wildman–Crippen LogP) is 6.91. The number of fused-ring (bicyclic) bond motifs is 3. The lowest BCUT2D eigenvalue weighted by molar-refractivity contribution is -0.0458. The lowest BCUT2D eigenvalue weighted by Gasteiger charge is -2.57. The van der Waals surface area contributed by atoms with E-state index in [1.807, 2.05) is 0 Å². The van der Waals surface area contributed by atoms with Crippen molar-refractivity contribution in [3.63, 3.8) is 0 Å². The fraction of sp³-hybridized carbons (Fsp3) is 0.962. The zero-order valence-corrected chi connectivity index (χ0v) is 19.8. The lowest BCUT2D eigenvalue weighted by Crippen LogP contribution is -2.52. The van der Waals surface area contributed by atoms with Gasteiger partial charge in [0.25, 0.3) is 0 Å². The van der Waals surface area contributed by atoms with Crippen LogP contribution < -0.4 is 0 Å². The molecule has 0 radical (unpaired) electrons. The van der Waals surface area contributed by atoms with Crippen LogP contribution in [0.25, 0.3) is 0 Å². The highest BCUT2D eigenvalue weighted by molar-refractivity contribution is 5.90. The molecule has 2 N–H and O–H groups in total. The monoisotopic (exact) mass is 405 g/mol. The Morgan fingerprint density at radius 1 is 1.00 bits per heavy atom. The molecule has 29 heavy (non-hydrogen) atoms. The highest BCUT2D eigenvalue weighted by atomic mass is 16.4. The molecule has 0 saturated heterocycles. The molecule has 0 heterocycles. The maximum Gasteiger partial charge on any atom is 0.0632 e. The SMILES string of the molecule is CC(C)CCC[C@@H](C)C1CC[C@H]2[C@H]3CC/C(=N\O)[C@](C)(CCCO)[C@@H]3CC[C@]12C. The Hall–Kier alpha value is -0.570. The van der Waals surface area contributed by atoms with Crippen molar-refractivity contribution in [2.75, 3.05) is 6.61 Å². The summed E-state index contributed by atoms with van der Waals surface area (Å²) >= 11 is 0. The molecule has 168 valence electrons. The number of hydrogen-bond acceptors (Lipinski definition) is 3. The second-order valence-electron chi connectivity index (χ2n) is 11.7. The summed E-state index contributed by atoms with van der Waals surface area (Å²) in [7, 11) is 0. The molecule has 7 atom stereocenters. The minimum Gasteiger partial charge on any atom is -0.411 e. The average Bonchev–Trinajstić information content (AvgIpc) is 3.03. The number of nitrogens with zero attached hydrogens (tertiary/aromatic N) is 1. The van der Waals surface area contributed by atoms with E-state index in [0.717, 1.165) is 54.6 Å². The molecule has 3 heteroatoms. The third-order valence-corrected chi connectivity index (χ3v) is 9.81. The quantitative estimate of drug-likeness (QED) is 0.340. The summed E-state index contributed by atoms with van der Waals surface area (Å²) in [6, 6.07) is 0. The molecule has 0 aromatic rings. The number of aliphatic hydroxyl groups excluding tert-OH is 1. The van der Waals surface area contributed by atoms with E-state index in [9.17, 15) is 10.3 Å². The van der Waals surface area contributed by atoms with Gasteiger partial charge in [-0.25, -0.2) is 0 Å². The smallest absolute Gasteiger partial charge is 0.0632 e. The van der Waals surface area contributed by atoms with Crippen LogP contribution in [0.2, 0.25) is 0 Å². The number of oxime groups is 1. The molecule has 3 saturated carbocycles. The van der Waals surface area contributed by atoms with Crippen LogP contribution in [-0.4, -0.2) is 22.6 Å². The van der Waals surface area contributed by atoms with Crippen LogP contribution in [0.5, 0.6) is 0 Å². The van der Waals surface area contributed by atoms with Gasteiger partial charge in [0.05, 0.1) is 5.71 Å². The highest BCUT2D eigenvalue weighted by Crippen LogP contribution is 2.66. The molecule has 3 rings (SSSR count). The van der Waals surface area contributed by atoms with E-state index in [-0.39, 0.29) is 12.0 Å². The molecule has 0 amide bonds.